The number of thiophene rings is 1. The molecule has 2 heterocycles. The Morgan fingerprint density at radius 2 is 2.39 bits per heavy atom. The van der Waals surface area contributed by atoms with Crippen molar-refractivity contribution in [2.24, 2.45) is 0 Å². The highest BCUT2D eigenvalue weighted by atomic mass is 79.9. The van der Waals surface area contributed by atoms with Crippen molar-refractivity contribution < 1.29 is 13.2 Å². The fourth-order valence-corrected chi connectivity index (χ4v) is 6.10. The van der Waals surface area contributed by atoms with E-state index in [0.717, 1.165) is 11.3 Å². The van der Waals surface area contributed by atoms with Crippen molar-refractivity contribution in [2.45, 2.75) is 23.3 Å². The zero-order valence-corrected chi connectivity index (χ0v) is 13.7. The second-order valence-corrected chi connectivity index (χ2v) is 8.62. The van der Waals surface area contributed by atoms with Gasteiger partial charge in [0, 0.05) is 25.1 Å². The molecule has 0 saturated carbocycles. The molecule has 1 aliphatic rings. The van der Waals surface area contributed by atoms with Crippen LogP contribution in [0.2, 0.25) is 0 Å². The van der Waals surface area contributed by atoms with Gasteiger partial charge in [0.2, 0.25) is 10.0 Å². The van der Waals surface area contributed by atoms with E-state index in [1.807, 2.05) is 0 Å². The van der Waals surface area contributed by atoms with Crippen LogP contribution >= 0.6 is 38.9 Å². The van der Waals surface area contributed by atoms with Crippen molar-refractivity contribution in [1.82, 2.24) is 4.31 Å². The highest BCUT2D eigenvalue weighted by Crippen LogP contribution is 2.35. The van der Waals surface area contributed by atoms with Crippen LogP contribution in [-0.2, 0) is 20.6 Å². The topological polar surface area (TPSA) is 46.6 Å². The molecule has 1 saturated heterocycles. The summed E-state index contributed by atoms with van der Waals surface area (Å²) in [7, 11) is -1.84. The second kappa shape index (κ2) is 5.76. The first-order chi connectivity index (χ1) is 8.48. The molecular weight excluding hydrogens is 362 g/mol. The van der Waals surface area contributed by atoms with E-state index in [2.05, 4.69) is 15.9 Å². The van der Waals surface area contributed by atoms with Gasteiger partial charge in [0.25, 0.3) is 0 Å². The highest BCUT2D eigenvalue weighted by Gasteiger charge is 2.34. The third-order valence-electron chi connectivity index (χ3n) is 2.90. The normalized spacial score (nSPS) is 21.6. The summed E-state index contributed by atoms with van der Waals surface area (Å²) in [5.74, 6) is 0.319. The van der Waals surface area contributed by atoms with Crippen LogP contribution < -0.4 is 0 Å². The van der Waals surface area contributed by atoms with Crippen LogP contribution in [-0.4, -0.2) is 39.0 Å². The van der Waals surface area contributed by atoms with Gasteiger partial charge in [-0.2, -0.15) is 4.31 Å². The molecule has 0 bridgehead atoms. The molecule has 1 atom stereocenters. The van der Waals surface area contributed by atoms with Crippen LogP contribution in [0.4, 0.5) is 0 Å². The van der Waals surface area contributed by atoms with Gasteiger partial charge >= 0.3 is 0 Å². The maximum absolute atomic E-state index is 12.4. The van der Waals surface area contributed by atoms with E-state index in [4.69, 9.17) is 16.3 Å². The molecule has 1 fully saturated rings. The minimum absolute atomic E-state index is 0.00955. The Balaban J connectivity index is 2.28. The first-order valence-corrected chi connectivity index (χ1v) is 8.94. The SMILES string of the molecule is COC1CCN(S(=O)(=O)c2cc(CCl)sc2Br)C1. The first-order valence-electron chi connectivity index (χ1n) is 5.36. The van der Waals surface area contributed by atoms with Crippen molar-refractivity contribution in [1.29, 1.82) is 0 Å². The molecule has 1 aromatic heterocycles. The number of sulfonamides is 1. The Hall–Kier alpha value is 0.340. The summed E-state index contributed by atoms with van der Waals surface area (Å²) in [6.45, 7) is 0.913. The third-order valence-corrected chi connectivity index (χ3v) is 7.46. The lowest BCUT2D eigenvalue weighted by molar-refractivity contribution is 0.115. The van der Waals surface area contributed by atoms with Gasteiger partial charge in [0.05, 0.1) is 15.8 Å². The largest absolute Gasteiger partial charge is 0.380 e. The molecule has 0 spiro atoms. The third kappa shape index (κ3) is 2.76. The predicted octanol–water partition coefficient (Wildman–Crippen LogP) is 2.66. The molecule has 4 nitrogen and oxygen atoms in total. The van der Waals surface area contributed by atoms with Crippen LogP contribution in [0.1, 0.15) is 11.3 Å². The fourth-order valence-electron chi connectivity index (χ4n) is 1.89. The molecule has 18 heavy (non-hydrogen) atoms. The Morgan fingerprint density at radius 1 is 1.67 bits per heavy atom. The minimum Gasteiger partial charge on any atom is -0.380 e. The minimum atomic E-state index is -3.44. The van der Waals surface area contributed by atoms with Gasteiger partial charge in [-0.05, 0) is 28.4 Å². The average Bonchev–Trinajstić information content (AvgIpc) is 2.95. The van der Waals surface area contributed by atoms with Gasteiger partial charge in [-0.1, -0.05) is 0 Å². The monoisotopic (exact) mass is 373 g/mol. The van der Waals surface area contributed by atoms with Crippen molar-refractivity contribution in [3.63, 3.8) is 0 Å². The molecule has 2 rings (SSSR count). The standard InChI is InChI=1S/C10H13BrClNO3S2/c1-16-7-2-3-13(6-7)18(14,15)9-4-8(5-12)17-10(9)11/h4,7H,2-3,5-6H2,1H3. The van der Waals surface area contributed by atoms with Gasteiger partial charge in [-0.25, -0.2) is 8.42 Å². The maximum Gasteiger partial charge on any atom is 0.245 e. The summed E-state index contributed by atoms with van der Waals surface area (Å²) >= 11 is 10.4. The zero-order chi connectivity index (χ0) is 13.3. The number of halogens is 2. The second-order valence-electron chi connectivity index (χ2n) is 3.99. The van der Waals surface area contributed by atoms with E-state index in [-0.39, 0.29) is 6.10 Å². The Morgan fingerprint density at radius 3 is 2.89 bits per heavy atom. The maximum atomic E-state index is 12.4. The lowest BCUT2D eigenvalue weighted by Crippen LogP contribution is -2.30. The molecule has 0 N–H and O–H groups in total. The summed E-state index contributed by atoms with van der Waals surface area (Å²) in [6, 6.07) is 1.64. The Labute approximate surface area is 124 Å². The summed E-state index contributed by atoms with van der Waals surface area (Å²) in [6.07, 6.45) is 0.726. The molecule has 1 aromatic rings. The molecule has 8 heteroatoms. The number of hydrogen-bond donors (Lipinski definition) is 0. The summed E-state index contributed by atoms with van der Waals surface area (Å²) < 4.78 is 32.2. The van der Waals surface area contributed by atoms with Crippen molar-refractivity contribution >= 4 is 48.9 Å². The van der Waals surface area contributed by atoms with Gasteiger partial charge in [0.15, 0.2) is 0 Å². The van der Waals surface area contributed by atoms with Crippen molar-refractivity contribution in [2.75, 3.05) is 20.2 Å². The van der Waals surface area contributed by atoms with Crippen LogP contribution in [0.5, 0.6) is 0 Å². The summed E-state index contributed by atoms with van der Waals surface area (Å²) in [5.41, 5.74) is 0. The number of methoxy groups -OCH3 is 1. The van der Waals surface area contributed by atoms with E-state index >= 15 is 0 Å². The summed E-state index contributed by atoms with van der Waals surface area (Å²) in [4.78, 5) is 1.14. The van der Waals surface area contributed by atoms with E-state index in [0.29, 0.717) is 27.7 Å². The molecule has 0 amide bonds. The van der Waals surface area contributed by atoms with E-state index < -0.39 is 10.0 Å². The van der Waals surface area contributed by atoms with Crippen molar-refractivity contribution in [3.05, 3.63) is 14.7 Å². The molecule has 0 radical (unpaired) electrons. The predicted molar refractivity (Wildman–Crippen MR) is 75.7 cm³/mol. The first kappa shape index (κ1) is 14.7. The highest BCUT2D eigenvalue weighted by molar-refractivity contribution is 9.11. The van der Waals surface area contributed by atoms with Crippen LogP contribution in [0.25, 0.3) is 0 Å². The number of nitrogens with zero attached hydrogens (tertiary/aromatic N) is 1. The smallest absolute Gasteiger partial charge is 0.245 e. The van der Waals surface area contributed by atoms with Gasteiger partial charge in [0.1, 0.15) is 4.90 Å². The van der Waals surface area contributed by atoms with Gasteiger partial charge in [-0.15, -0.1) is 22.9 Å². The number of ether oxygens (including phenoxy) is 1. The molecule has 0 aromatic carbocycles. The average molecular weight is 375 g/mol. The number of alkyl halides is 1. The van der Waals surface area contributed by atoms with Crippen molar-refractivity contribution in [3.8, 4) is 0 Å². The molecule has 1 aliphatic heterocycles. The van der Waals surface area contributed by atoms with Crippen LogP contribution in [0.15, 0.2) is 14.7 Å². The Kier molecular flexibility index (Phi) is 4.72. The lowest BCUT2D eigenvalue weighted by atomic mass is 10.3. The van der Waals surface area contributed by atoms with Gasteiger partial charge < -0.3 is 4.74 Å². The molecule has 102 valence electrons. The lowest BCUT2D eigenvalue weighted by Gasteiger charge is -2.15. The van der Waals surface area contributed by atoms with Crippen LogP contribution in [0.3, 0.4) is 0 Å². The van der Waals surface area contributed by atoms with E-state index in [1.165, 1.54) is 15.6 Å². The molecule has 1 unspecified atom stereocenters. The Bertz CT molecular complexity index is 531. The number of rotatable bonds is 4. The quantitative estimate of drug-likeness (QED) is 0.761. The van der Waals surface area contributed by atoms with Gasteiger partial charge in [-0.3, -0.25) is 0 Å². The molecule has 0 aliphatic carbocycles. The van der Waals surface area contributed by atoms with Crippen LogP contribution in [0, 0.1) is 0 Å². The van der Waals surface area contributed by atoms with E-state index in [9.17, 15) is 8.42 Å². The molecular formula is C10H13BrClNO3S2. The fraction of sp³-hybridized carbons (Fsp3) is 0.600. The summed E-state index contributed by atoms with van der Waals surface area (Å²) in [5, 5.41) is 0. The van der Waals surface area contributed by atoms with E-state index in [1.54, 1.807) is 13.2 Å². The zero-order valence-electron chi connectivity index (χ0n) is 9.73. The number of hydrogen-bond acceptors (Lipinski definition) is 4.